The van der Waals surface area contributed by atoms with Crippen LogP contribution in [0.5, 0.6) is 11.5 Å². The van der Waals surface area contributed by atoms with Gasteiger partial charge in [0.15, 0.2) is 5.96 Å². The van der Waals surface area contributed by atoms with Gasteiger partial charge in [-0.3, -0.25) is 4.99 Å². The molecule has 0 bridgehead atoms. The monoisotopic (exact) mass is 327 g/mol. The van der Waals surface area contributed by atoms with Crippen molar-refractivity contribution < 1.29 is 9.47 Å². The summed E-state index contributed by atoms with van der Waals surface area (Å²) in [5.74, 6) is 2.09. The normalized spacial score (nSPS) is 11.2. The number of aliphatic imine (C=N–C) groups is 1. The first-order chi connectivity index (χ1) is 11.7. The number of nitrogens with one attached hydrogen (secondary N) is 1. The quantitative estimate of drug-likeness (QED) is 0.442. The summed E-state index contributed by atoms with van der Waals surface area (Å²) in [4.78, 5) is 4.32. The first-order valence-electron chi connectivity index (χ1n) is 8.08. The largest absolute Gasteiger partial charge is 0.497 e. The second kappa shape index (κ2) is 9.45. The van der Waals surface area contributed by atoms with Crippen LogP contribution in [0.15, 0.2) is 53.5 Å². The number of methoxy groups -OCH3 is 1. The Labute approximate surface area is 143 Å². The number of guanidine groups is 1. The topological polar surface area (TPSA) is 68.9 Å². The number of aryl methyl sites for hydroxylation is 1. The fourth-order valence-corrected chi connectivity index (χ4v) is 2.13. The summed E-state index contributed by atoms with van der Waals surface area (Å²) >= 11 is 0. The molecule has 128 valence electrons. The van der Waals surface area contributed by atoms with Crippen molar-refractivity contribution in [1.29, 1.82) is 0 Å². The van der Waals surface area contributed by atoms with Gasteiger partial charge in [-0.25, -0.2) is 0 Å². The predicted octanol–water partition coefficient (Wildman–Crippen LogP) is 3.59. The Morgan fingerprint density at radius 1 is 1.08 bits per heavy atom. The van der Waals surface area contributed by atoms with Crippen LogP contribution in [-0.4, -0.2) is 26.2 Å². The van der Waals surface area contributed by atoms with E-state index in [1.165, 1.54) is 5.56 Å². The van der Waals surface area contributed by atoms with E-state index in [1.807, 2.05) is 48.5 Å². The van der Waals surface area contributed by atoms with E-state index in [0.717, 1.165) is 30.0 Å². The highest BCUT2D eigenvalue weighted by Gasteiger charge is 1.98. The molecule has 0 heterocycles. The lowest BCUT2D eigenvalue weighted by atomic mass is 10.2. The minimum absolute atomic E-state index is 0.405. The standard InChI is InChI=1S/C19H25N3O2/c1-15-8-10-17(11-9-15)24-13-4-3-12-21-19(20)22-16-6-5-7-18(14-16)23-2/h5-11,14H,3-4,12-13H2,1-2H3,(H3,20,21,22). The zero-order chi connectivity index (χ0) is 17.2. The SMILES string of the molecule is COc1cccc(NC(N)=NCCCCOc2ccc(C)cc2)c1. The van der Waals surface area contributed by atoms with Gasteiger partial charge in [-0.15, -0.1) is 0 Å². The van der Waals surface area contributed by atoms with Gasteiger partial charge < -0.3 is 20.5 Å². The molecular weight excluding hydrogens is 302 g/mol. The first-order valence-corrected chi connectivity index (χ1v) is 8.08. The molecule has 0 atom stereocenters. The lowest BCUT2D eigenvalue weighted by Gasteiger charge is -2.08. The Bertz CT molecular complexity index is 654. The van der Waals surface area contributed by atoms with E-state index in [9.17, 15) is 0 Å². The third kappa shape index (κ3) is 6.20. The highest BCUT2D eigenvalue weighted by Crippen LogP contribution is 2.16. The maximum atomic E-state index is 5.88. The molecule has 0 aliphatic carbocycles. The lowest BCUT2D eigenvalue weighted by Crippen LogP contribution is -2.22. The van der Waals surface area contributed by atoms with Crippen molar-refractivity contribution in [2.24, 2.45) is 10.7 Å². The van der Waals surface area contributed by atoms with Crippen molar-refractivity contribution in [2.45, 2.75) is 19.8 Å². The summed E-state index contributed by atoms with van der Waals surface area (Å²) in [6.45, 7) is 3.41. The number of rotatable bonds is 8. The molecule has 2 rings (SSSR count). The Kier molecular flexibility index (Phi) is 6.95. The van der Waals surface area contributed by atoms with Gasteiger partial charge in [0.1, 0.15) is 11.5 Å². The number of unbranched alkanes of at least 4 members (excludes halogenated alkanes) is 1. The van der Waals surface area contributed by atoms with Crippen LogP contribution in [0.4, 0.5) is 5.69 Å². The molecule has 0 radical (unpaired) electrons. The molecule has 0 aliphatic heterocycles. The Morgan fingerprint density at radius 3 is 2.62 bits per heavy atom. The summed E-state index contributed by atoms with van der Waals surface area (Å²) in [6.07, 6.45) is 1.86. The molecule has 3 N–H and O–H groups in total. The van der Waals surface area contributed by atoms with Crippen molar-refractivity contribution in [2.75, 3.05) is 25.6 Å². The maximum Gasteiger partial charge on any atom is 0.193 e. The molecule has 0 saturated carbocycles. The fraction of sp³-hybridized carbons (Fsp3) is 0.316. The van der Waals surface area contributed by atoms with Gasteiger partial charge in [0.05, 0.1) is 13.7 Å². The van der Waals surface area contributed by atoms with Crippen molar-refractivity contribution in [1.82, 2.24) is 0 Å². The van der Waals surface area contributed by atoms with Crippen LogP contribution in [0, 0.1) is 6.92 Å². The average molecular weight is 327 g/mol. The molecule has 0 amide bonds. The number of hydrogen-bond acceptors (Lipinski definition) is 3. The molecule has 0 saturated heterocycles. The second-order valence-corrected chi connectivity index (χ2v) is 5.49. The van der Waals surface area contributed by atoms with Gasteiger partial charge in [0.2, 0.25) is 0 Å². The van der Waals surface area contributed by atoms with Crippen LogP contribution in [0.2, 0.25) is 0 Å². The molecule has 5 heteroatoms. The smallest absolute Gasteiger partial charge is 0.193 e. The third-order valence-electron chi connectivity index (χ3n) is 3.47. The number of hydrogen-bond donors (Lipinski definition) is 2. The minimum atomic E-state index is 0.405. The fourth-order valence-electron chi connectivity index (χ4n) is 2.13. The van der Waals surface area contributed by atoms with E-state index >= 15 is 0 Å². The lowest BCUT2D eigenvalue weighted by molar-refractivity contribution is 0.308. The van der Waals surface area contributed by atoms with E-state index in [2.05, 4.69) is 17.2 Å². The first kappa shape index (κ1) is 17.7. The third-order valence-corrected chi connectivity index (χ3v) is 3.47. The van der Waals surface area contributed by atoms with Gasteiger partial charge in [-0.05, 0) is 44.0 Å². The van der Waals surface area contributed by atoms with Crippen molar-refractivity contribution in [3.63, 3.8) is 0 Å². The van der Waals surface area contributed by atoms with E-state index in [-0.39, 0.29) is 0 Å². The van der Waals surface area contributed by atoms with Gasteiger partial charge in [0, 0.05) is 18.3 Å². The molecule has 2 aromatic rings. The van der Waals surface area contributed by atoms with E-state index in [4.69, 9.17) is 15.2 Å². The van der Waals surface area contributed by atoms with Crippen molar-refractivity contribution in [3.05, 3.63) is 54.1 Å². The van der Waals surface area contributed by atoms with Crippen molar-refractivity contribution >= 4 is 11.6 Å². The Balaban J connectivity index is 1.64. The second-order valence-electron chi connectivity index (χ2n) is 5.49. The van der Waals surface area contributed by atoms with Crippen LogP contribution < -0.4 is 20.5 Å². The number of nitrogens with two attached hydrogens (primary N) is 1. The maximum absolute atomic E-state index is 5.88. The van der Waals surface area contributed by atoms with E-state index < -0.39 is 0 Å². The summed E-state index contributed by atoms with van der Waals surface area (Å²) in [5.41, 5.74) is 7.98. The summed E-state index contributed by atoms with van der Waals surface area (Å²) in [6, 6.07) is 15.6. The molecule has 0 spiro atoms. The van der Waals surface area contributed by atoms with Gasteiger partial charge in [0.25, 0.3) is 0 Å². The van der Waals surface area contributed by atoms with Crippen LogP contribution in [0.3, 0.4) is 0 Å². The van der Waals surface area contributed by atoms with E-state index in [0.29, 0.717) is 19.1 Å². The number of nitrogens with zero attached hydrogens (tertiary/aromatic N) is 1. The molecule has 0 aromatic heterocycles. The number of benzene rings is 2. The van der Waals surface area contributed by atoms with Crippen LogP contribution in [-0.2, 0) is 0 Å². The molecule has 0 unspecified atom stereocenters. The number of ether oxygens (including phenoxy) is 2. The highest BCUT2D eigenvalue weighted by atomic mass is 16.5. The van der Waals surface area contributed by atoms with Crippen LogP contribution in [0.25, 0.3) is 0 Å². The van der Waals surface area contributed by atoms with Gasteiger partial charge >= 0.3 is 0 Å². The molecule has 24 heavy (non-hydrogen) atoms. The van der Waals surface area contributed by atoms with Gasteiger partial charge in [-0.1, -0.05) is 23.8 Å². The molecule has 2 aromatic carbocycles. The average Bonchev–Trinajstić information content (AvgIpc) is 2.59. The van der Waals surface area contributed by atoms with Crippen LogP contribution >= 0.6 is 0 Å². The van der Waals surface area contributed by atoms with Crippen molar-refractivity contribution in [3.8, 4) is 11.5 Å². The molecule has 0 aliphatic rings. The minimum Gasteiger partial charge on any atom is -0.497 e. The van der Waals surface area contributed by atoms with E-state index in [1.54, 1.807) is 7.11 Å². The molecule has 0 fully saturated rings. The predicted molar refractivity (Wildman–Crippen MR) is 99.0 cm³/mol. The zero-order valence-electron chi connectivity index (χ0n) is 14.3. The van der Waals surface area contributed by atoms with Crippen LogP contribution in [0.1, 0.15) is 18.4 Å². The summed E-state index contributed by atoms with van der Waals surface area (Å²) in [5, 5.41) is 3.06. The Morgan fingerprint density at radius 2 is 1.88 bits per heavy atom. The summed E-state index contributed by atoms with van der Waals surface area (Å²) < 4.78 is 10.9. The summed E-state index contributed by atoms with van der Waals surface area (Å²) in [7, 11) is 1.63. The highest BCUT2D eigenvalue weighted by molar-refractivity contribution is 5.92. The van der Waals surface area contributed by atoms with Gasteiger partial charge in [-0.2, -0.15) is 0 Å². The number of anilines is 1. The Hall–Kier alpha value is -2.69. The molecular formula is C19H25N3O2. The molecule has 5 nitrogen and oxygen atoms in total. The zero-order valence-corrected chi connectivity index (χ0v) is 14.3.